The van der Waals surface area contributed by atoms with Crippen LogP contribution in [0.25, 0.3) is 11.0 Å². The molecule has 8 heteroatoms. The van der Waals surface area contributed by atoms with E-state index in [2.05, 4.69) is 15.3 Å². The Morgan fingerprint density at radius 3 is 2.81 bits per heavy atom. The van der Waals surface area contributed by atoms with E-state index >= 15 is 0 Å². The number of ether oxygens (including phenoxy) is 1. The van der Waals surface area contributed by atoms with Gasteiger partial charge in [-0.05, 0) is 25.0 Å². The third-order valence-corrected chi connectivity index (χ3v) is 3.84. The number of halogens is 2. The van der Waals surface area contributed by atoms with E-state index in [9.17, 15) is 4.79 Å². The first-order valence-electron chi connectivity index (χ1n) is 6.41. The van der Waals surface area contributed by atoms with Crippen molar-refractivity contribution in [3.05, 3.63) is 23.2 Å². The Kier molecular flexibility index (Phi) is 4.73. The fourth-order valence-electron chi connectivity index (χ4n) is 2.25. The first-order chi connectivity index (χ1) is 9.58. The number of carbonyl (C=O) groups is 1. The van der Waals surface area contributed by atoms with E-state index in [4.69, 9.17) is 22.1 Å². The molecule has 2 heterocycles. The van der Waals surface area contributed by atoms with Crippen LogP contribution in [0.5, 0.6) is 0 Å². The maximum atomic E-state index is 12.3. The molecule has 1 aromatic heterocycles. The highest BCUT2D eigenvalue weighted by atomic mass is 35.5. The summed E-state index contributed by atoms with van der Waals surface area (Å²) in [6.45, 7) is 0.992. The Bertz CT molecular complexity index is 653. The van der Waals surface area contributed by atoms with Crippen molar-refractivity contribution >= 4 is 46.9 Å². The summed E-state index contributed by atoms with van der Waals surface area (Å²) in [4.78, 5) is 19.5. The smallest absolute Gasteiger partial charge is 0.246 e. The summed E-state index contributed by atoms with van der Waals surface area (Å²) in [7, 11) is 0. The van der Waals surface area contributed by atoms with Crippen molar-refractivity contribution in [1.82, 2.24) is 9.97 Å². The van der Waals surface area contributed by atoms with Gasteiger partial charge >= 0.3 is 0 Å². The average Bonchev–Trinajstić information content (AvgIpc) is 2.83. The highest BCUT2D eigenvalue weighted by Crippen LogP contribution is 2.24. The molecule has 1 aliphatic heterocycles. The van der Waals surface area contributed by atoms with Gasteiger partial charge in [0.15, 0.2) is 0 Å². The van der Waals surface area contributed by atoms with E-state index in [0.29, 0.717) is 42.5 Å². The Morgan fingerprint density at radius 2 is 2.14 bits per heavy atom. The summed E-state index contributed by atoms with van der Waals surface area (Å²) in [5, 5.41) is 3.26. The van der Waals surface area contributed by atoms with E-state index in [1.807, 2.05) is 12.1 Å². The predicted octanol–water partition coefficient (Wildman–Crippen LogP) is 2.08. The SMILES string of the molecule is Cl.NC1(C(=O)Nc2nc3c(Cl)cccc3[nH]2)CCOCC1. The molecule has 2 aromatic rings. The number of nitrogens with one attached hydrogen (secondary N) is 2. The number of aromatic amines is 1. The van der Waals surface area contributed by atoms with Crippen molar-refractivity contribution in [1.29, 1.82) is 0 Å². The molecule has 1 aromatic carbocycles. The van der Waals surface area contributed by atoms with Gasteiger partial charge in [-0.25, -0.2) is 4.98 Å². The van der Waals surface area contributed by atoms with Gasteiger partial charge in [-0.3, -0.25) is 10.1 Å². The number of imidazole rings is 1. The predicted molar refractivity (Wildman–Crippen MR) is 84.0 cm³/mol. The maximum absolute atomic E-state index is 12.3. The van der Waals surface area contributed by atoms with E-state index in [1.54, 1.807) is 6.07 Å². The minimum atomic E-state index is -0.902. The van der Waals surface area contributed by atoms with Crippen molar-refractivity contribution in [2.75, 3.05) is 18.5 Å². The van der Waals surface area contributed by atoms with Gasteiger partial charge in [0.25, 0.3) is 0 Å². The number of hydrogen-bond donors (Lipinski definition) is 3. The van der Waals surface area contributed by atoms with Gasteiger partial charge in [0, 0.05) is 13.2 Å². The van der Waals surface area contributed by atoms with Crippen LogP contribution in [-0.2, 0) is 9.53 Å². The van der Waals surface area contributed by atoms with Gasteiger partial charge in [0.2, 0.25) is 11.9 Å². The van der Waals surface area contributed by atoms with Crippen LogP contribution in [0, 0.1) is 0 Å². The fourth-order valence-corrected chi connectivity index (χ4v) is 2.47. The monoisotopic (exact) mass is 330 g/mol. The number of hydrogen-bond acceptors (Lipinski definition) is 4. The van der Waals surface area contributed by atoms with E-state index in [0.717, 1.165) is 5.52 Å². The lowest BCUT2D eigenvalue weighted by molar-refractivity contribution is -0.124. The number of anilines is 1. The standard InChI is InChI=1S/C13H15ClN4O2.ClH/c14-8-2-1-3-9-10(8)17-12(16-9)18-11(19)13(15)4-6-20-7-5-13;/h1-3H,4-7,15H2,(H2,16,17,18,19);1H. The van der Waals surface area contributed by atoms with Crippen LogP contribution in [0.1, 0.15) is 12.8 Å². The minimum absolute atomic E-state index is 0. The van der Waals surface area contributed by atoms with Crippen LogP contribution in [0.2, 0.25) is 5.02 Å². The normalized spacial score (nSPS) is 17.2. The van der Waals surface area contributed by atoms with Gasteiger partial charge in [-0.15, -0.1) is 12.4 Å². The Hall–Kier alpha value is -1.34. The number of rotatable bonds is 2. The molecule has 1 fully saturated rings. The molecule has 1 amide bonds. The molecule has 0 unspecified atom stereocenters. The second kappa shape index (κ2) is 6.19. The molecule has 4 N–H and O–H groups in total. The lowest BCUT2D eigenvalue weighted by atomic mass is 9.90. The molecular weight excluding hydrogens is 315 g/mol. The molecule has 21 heavy (non-hydrogen) atoms. The number of H-pyrrole nitrogens is 1. The second-order valence-electron chi connectivity index (χ2n) is 4.94. The van der Waals surface area contributed by atoms with Crippen LogP contribution in [-0.4, -0.2) is 34.6 Å². The van der Waals surface area contributed by atoms with Crippen molar-refractivity contribution in [3.8, 4) is 0 Å². The van der Waals surface area contributed by atoms with Gasteiger partial charge in [0.1, 0.15) is 11.1 Å². The third-order valence-electron chi connectivity index (χ3n) is 3.53. The van der Waals surface area contributed by atoms with Gasteiger partial charge in [-0.1, -0.05) is 17.7 Å². The largest absolute Gasteiger partial charge is 0.381 e. The molecule has 114 valence electrons. The molecule has 1 aliphatic rings. The average molecular weight is 331 g/mol. The van der Waals surface area contributed by atoms with Crippen LogP contribution in [0.3, 0.4) is 0 Å². The van der Waals surface area contributed by atoms with Crippen molar-refractivity contribution in [2.45, 2.75) is 18.4 Å². The van der Waals surface area contributed by atoms with Crippen LogP contribution >= 0.6 is 24.0 Å². The lowest BCUT2D eigenvalue weighted by Crippen LogP contribution is -2.54. The molecule has 0 aliphatic carbocycles. The van der Waals surface area contributed by atoms with Crippen LogP contribution in [0.15, 0.2) is 18.2 Å². The van der Waals surface area contributed by atoms with Gasteiger partial charge in [-0.2, -0.15) is 0 Å². The molecular formula is C13H16Cl2N4O2. The summed E-state index contributed by atoms with van der Waals surface area (Å²) in [5.41, 5.74) is 6.61. The van der Waals surface area contributed by atoms with Gasteiger partial charge < -0.3 is 15.5 Å². The number of amides is 1. The Balaban J connectivity index is 0.00000161. The molecule has 0 bridgehead atoms. The van der Waals surface area contributed by atoms with E-state index in [1.165, 1.54) is 0 Å². The first-order valence-corrected chi connectivity index (χ1v) is 6.79. The highest BCUT2D eigenvalue weighted by molar-refractivity contribution is 6.35. The molecule has 0 radical (unpaired) electrons. The molecule has 0 saturated carbocycles. The Morgan fingerprint density at radius 1 is 1.43 bits per heavy atom. The lowest BCUT2D eigenvalue weighted by Gasteiger charge is -2.31. The number of carbonyl (C=O) groups excluding carboxylic acids is 1. The highest BCUT2D eigenvalue weighted by Gasteiger charge is 2.36. The fraction of sp³-hybridized carbons (Fsp3) is 0.385. The number of aromatic nitrogens is 2. The van der Waals surface area contributed by atoms with E-state index < -0.39 is 5.54 Å². The van der Waals surface area contributed by atoms with Gasteiger partial charge in [0.05, 0.1) is 10.5 Å². The molecule has 0 spiro atoms. The topological polar surface area (TPSA) is 93.0 Å². The van der Waals surface area contributed by atoms with Crippen LogP contribution < -0.4 is 11.1 Å². The second-order valence-corrected chi connectivity index (χ2v) is 5.35. The quantitative estimate of drug-likeness (QED) is 0.785. The number of para-hydroxylation sites is 1. The number of fused-ring (bicyclic) bond motifs is 1. The first kappa shape index (κ1) is 16.0. The summed E-state index contributed by atoms with van der Waals surface area (Å²) in [6.07, 6.45) is 1.000. The minimum Gasteiger partial charge on any atom is -0.381 e. The number of nitrogens with two attached hydrogens (primary N) is 1. The molecule has 1 saturated heterocycles. The van der Waals surface area contributed by atoms with Crippen molar-refractivity contribution in [3.63, 3.8) is 0 Å². The van der Waals surface area contributed by atoms with Crippen molar-refractivity contribution in [2.24, 2.45) is 5.73 Å². The zero-order valence-electron chi connectivity index (χ0n) is 11.2. The summed E-state index contributed by atoms with van der Waals surface area (Å²) >= 11 is 6.05. The van der Waals surface area contributed by atoms with Crippen molar-refractivity contribution < 1.29 is 9.53 Å². The molecule has 0 atom stereocenters. The molecule has 6 nitrogen and oxygen atoms in total. The summed E-state index contributed by atoms with van der Waals surface area (Å²) < 4.78 is 5.23. The van der Waals surface area contributed by atoms with Crippen LogP contribution in [0.4, 0.5) is 5.95 Å². The summed E-state index contributed by atoms with van der Waals surface area (Å²) in [6, 6.07) is 5.41. The number of nitrogens with zero attached hydrogens (tertiary/aromatic N) is 1. The zero-order chi connectivity index (χ0) is 14.2. The maximum Gasteiger partial charge on any atom is 0.246 e. The molecule has 3 rings (SSSR count). The summed E-state index contributed by atoms with van der Waals surface area (Å²) in [5.74, 6) is 0.102. The Labute approximate surface area is 132 Å². The number of benzene rings is 1. The third kappa shape index (κ3) is 3.13. The zero-order valence-corrected chi connectivity index (χ0v) is 12.8. The van der Waals surface area contributed by atoms with E-state index in [-0.39, 0.29) is 18.3 Å².